The summed E-state index contributed by atoms with van der Waals surface area (Å²) in [6, 6.07) is 0. The van der Waals surface area contributed by atoms with E-state index in [0.717, 1.165) is 57.8 Å². The Morgan fingerprint density at radius 2 is 2.00 bits per heavy atom. The van der Waals surface area contributed by atoms with Crippen LogP contribution >= 0.6 is 0 Å². The van der Waals surface area contributed by atoms with Crippen molar-refractivity contribution in [1.82, 2.24) is 25.5 Å². The van der Waals surface area contributed by atoms with Gasteiger partial charge in [0.05, 0.1) is 12.2 Å². The van der Waals surface area contributed by atoms with Crippen molar-refractivity contribution in [2.24, 2.45) is 22.1 Å². The molecule has 152 valence electrons. The van der Waals surface area contributed by atoms with Gasteiger partial charge in [-0.3, -0.25) is 4.39 Å². The SMILES string of the molecule is C#CCCC1(CCNC2(c3nnnn3CC3CCOCC3)CC(CF)C2)N=N1. The van der Waals surface area contributed by atoms with Crippen LogP contribution in [0.15, 0.2) is 10.2 Å². The van der Waals surface area contributed by atoms with Gasteiger partial charge in [0, 0.05) is 45.6 Å². The summed E-state index contributed by atoms with van der Waals surface area (Å²) in [5, 5.41) is 24.5. The first-order chi connectivity index (χ1) is 13.7. The van der Waals surface area contributed by atoms with Gasteiger partial charge in [-0.25, -0.2) is 4.68 Å². The fourth-order valence-corrected chi connectivity index (χ4v) is 4.45. The molecule has 1 saturated carbocycles. The van der Waals surface area contributed by atoms with Gasteiger partial charge in [0.25, 0.3) is 0 Å². The lowest BCUT2D eigenvalue weighted by atomic mass is 9.68. The molecule has 0 atom stereocenters. The van der Waals surface area contributed by atoms with E-state index in [9.17, 15) is 4.39 Å². The second-order valence-corrected chi connectivity index (χ2v) is 8.31. The van der Waals surface area contributed by atoms with E-state index in [4.69, 9.17) is 11.2 Å². The molecule has 1 aromatic rings. The molecule has 0 unspecified atom stereocenters. The van der Waals surface area contributed by atoms with Crippen LogP contribution in [0.4, 0.5) is 4.39 Å². The lowest BCUT2D eigenvalue weighted by molar-refractivity contribution is 0.0508. The van der Waals surface area contributed by atoms with Crippen LogP contribution < -0.4 is 5.32 Å². The molecule has 0 aromatic carbocycles. The minimum atomic E-state index is -0.367. The molecule has 1 saturated heterocycles. The van der Waals surface area contributed by atoms with E-state index in [1.807, 2.05) is 4.68 Å². The van der Waals surface area contributed by atoms with Crippen molar-refractivity contribution in [3.05, 3.63) is 5.82 Å². The largest absolute Gasteiger partial charge is 0.381 e. The van der Waals surface area contributed by atoms with Gasteiger partial charge < -0.3 is 10.1 Å². The zero-order valence-electron chi connectivity index (χ0n) is 16.2. The molecule has 0 amide bonds. The molecular formula is C19H28FN7O. The van der Waals surface area contributed by atoms with Gasteiger partial charge in [-0.05, 0) is 47.9 Å². The number of aromatic nitrogens is 4. The van der Waals surface area contributed by atoms with Gasteiger partial charge in [0.1, 0.15) is 0 Å². The summed E-state index contributed by atoms with van der Waals surface area (Å²) in [6.45, 7) is 2.79. The molecule has 4 rings (SSSR count). The summed E-state index contributed by atoms with van der Waals surface area (Å²) in [7, 11) is 0. The highest BCUT2D eigenvalue weighted by Gasteiger charge is 2.50. The number of ether oxygens (including phenoxy) is 1. The van der Waals surface area contributed by atoms with E-state index in [2.05, 4.69) is 37.0 Å². The topological polar surface area (TPSA) is 89.6 Å². The minimum absolute atomic E-state index is 0.0615. The van der Waals surface area contributed by atoms with Crippen molar-refractivity contribution >= 4 is 0 Å². The summed E-state index contributed by atoms with van der Waals surface area (Å²) in [5.74, 6) is 4.06. The molecule has 3 heterocycles. The Labute approximate surface area is 164 Å². The van der Waals surface area contributed by atoms with Crippen LogP contribution in [0, 0.1) is 24.2 Å². The standard InChI is InChI=1S/C19H28FN7O/c1-2-3-6-19(23-24-19)7-8-21-18(11-16(12-18)13-20)17-22-25-26-27(17)14-15-4-9-28-10-5-15/h1,15-16,21H,3-14H2. The highest BCUT2D eigenvalue weighted by Crippen LogP contribution is 2.45. The summed E-state index contributed by atoms with van der Waals surface area (Å²) in [5.41, 5.74) is -0.689. The molecule has 2 aliphatic heterocycles. The van der Waals surface area contributed by atoms with Gasteiger partial charge in [-0.1, -0.05) is 0 Å². The Hall–Kier alpha value is -1.92. The molecule has 1 aromatic heterocycles. The molecule has 1 aliphatic carbocycles. The molecule has 0 spiro atoms. The van der Waals surface area contributed by atoms with Crippen LogP contribution in [0.25, 0.3) is 0 Å². The van der Waals surface area contributed by atoms with Crippen molar-refractivity contribution < 1.29 is 9.13 Å². The van der Waals surface area contributed by atoms with Gasteiger partial charge in [-0.15, -0.1) is 17.4 Å². The number of terminal acetylenes is 1. The van der Waals surface area contributed by atoms with Crippen molar-refractivity contribution in [2.45, 2.75) is 62.7 Å². The molecule has 8 nitrogen and oxygen atoms in total. The normalized spacial score (nSPS) is 28.6. The van der Waals surface area contributed by atoms with E-state index in [1.165, 1.54) is 0 Å². The smallest absolute Gasteiger partial charge is 0.193 e. The average molecular weight is 389 g/mol. The lowest BCUT2D eigenvalue weighted by Gasteiger charge is -2.46. The Balaban J connectivity index is 1.40. The summed E-state index contributed by atoms with van der Waals surface area (Å²) >= 11 is 0. The van der Waals surface area contributed by atoms with Crippen molar-refractivity contribution in [2.75, 3.05) is 26.4 Å². The highest BCUT2D eigenvalue weighted by molar-refractivity contribution is 5.13. The quantitative estimate of drug-likeness (QED) is 0.620. The zero-order chi connectivity index (χ0) is 19.5. The fraction of sp³-hybridized carbons (Fsp3) is 0.842. The summed E-state index contributed by atoms with van der Waals surface area (Å²) in [6.07, 6.45) is 11.1. The van der Waals surface area contributed by atoms with Crippen LogP contribution in [-0.2, 0) is 16.8 Å². The van der Waals surface area contributed by atoms with Crippen molar-refractivity contribution in [3.63, 3.8) is 0 Å². The number of rotatable bonds is 10. The number of hydrogen-bond donors (Lipinski definition) is 1. The third kappa shape index (κ3) is 4.08. The molecule has 0 bridgehead atoms. The number of nitrogens with one attached hydrogen (secondary N) is 1. The molecule has 9 heteroatoms. The second-order valence-electron chi connectivity index (χ2n) is 8.31. The Morgan fingerprint density at radius 1 is 1.21 bits per heavy atom. The first-order valence-corrected chi connectivity index (χ1v) is 10.2. The maximum Gasteiger partial charge on any atom is 0.193 e. The van der Waals surface area contributed by atoms with Crippen LogP contribution in [0.3, 0.4) is 0 Å². The summed E-state index contributed by atoms with van der Waals surface area (Å²) < 4.78 is 20.6. The van der Waals surface area contributed by atoms with E-state index >= 15 is 0 Å². The lowest BCUT2D eigenvalue weighted by Crippen LogP contribution is -2.55. The predicted molar refractivity (Wildman–Crippen MR) is 100 cm³/mol. The van der Waals surface area contributed by atoms with Crippen LogP contribution in [0.5, 0.6) is 0 Å². The first-order valence-electron chi connectivity index (χ1n) is 10.2. The van der Waals surface area contributed by atoms with E-state index < -0.39 is 0 Å². The Morgan fingerprint density at radius 3 is 2.68 bits per heavy atom. The second kappa shape index (κ2) is 8.21. The third-order valence-corrected chi connectivity index (χ3v) is 6.27. The molecule has 1 N–H and O–H groups in total. The third-order valence-electron chi connectivity index (χ3n) is 6.27. The summed E-state index contributed by atoms with van der Waals surface area (Å²) in [4.78, 5) is 0. The van der Waals surface area contributed by atoms with Crippen LogP contribution in [0.1, 0.15) is 50.8 Å². The van der Waals surface area contributed by atoms with Crippen molar-refractivity contribution in [1.29, 1.82) is 0 Å². The highest BCUT2D eigenvalue weighted by atomic mass is 19.1. The van der Waals surface area contributed by atoms with Crippen molar-refractivity contribution in [3.8, 4) is 12.3 Å². The zero-order valence-corrected chi connectivity index (χ0v) is 16.2. The van der Waals surface area contributed by atoms with Crippen LogP contribution in [0.2, 0.25) is 0 Å². The number of halogens is 1. The maximum absolute atomic E-state index is 13.2. The van der Waals surface area contributed by atoms with Gasteiger partial charge in [0.2, 0.25) is 0 Å². The number of alkyl halides is 1. The molecule has 2 fully saturated rings. The molecule has 3 aliphatic rings. The number of tetrazole rings is 1. The van der Waals surface area contributed by atoms with E-state index in [0.29, 0.717) is 25.2 Å². The number of hydrogen-bond acceptors (Lipinski definition) is 7. The van der Waals surface area contributed by atoms with Gasteiger partial charge in [0.15, 0.2) is 11.5 Å². The number of nitrogens with zero attached hydrogens (tertiary/aromatic N) is 6. The molecule has 0 radical (unpaired) electrons. The average Bonchev–Trinajstić information content (AvgIpc) is 3.31. The minimum Gasteiger partial charge on any atom is -0.381 e. The predicted octanol–water partition coefficient (Wildman–Crippen LogP) is 2.23. The van der Waals surface area contributed by atoms with E-state index in [1.54, 1.807) is 0 Å². The van der Waals surface area contributed by atoms with Gasteiger partial charge >= 0.3 is 0 Å². The molecule has 28 heavy (non-hydrogen) atoms. The molecular weight excluding hydrogens is 361 g/mol. The Bertz CT molecular complexity index is 725. The van der Waals surface area contributed by atoms with Crippen LogP contribution in [-0.4, -0.2) is 52.3 Å². The fourth-order valence-electron chi connectivity index (χ4n) is 4.45. The monoisotopic (exact) mass is 389 g/mol. The van der Waals surface area contributed by atoms with E-state index in [-0.39, 0.29) is 23.8 Å². The Kier molecular flexibility index (Phi) is 5.69. The maximum atomic E-state index is 13.2. The first kappa shape index (κ1) is 19.4. The van der Waals surface area contributed by atoms with Gasteiger partial charge in [-0.2, -0.15) is 10.2 Å².